The molecule has 20 heavy (non-hydrogen) atoms. The first-order valence-corrected chi connectivity index (χ1v) is 7.11. The number of rotatable bonds is 2. The van der Waals surface area contributed by atoms with Gasteiger partial charge in [-0.1, -0.05) is 6.92 Å². The Morgan fingerprint density at radius 1 is 1.20 bits per heavy atom. The Kier molecular flexibility index (Phi) is 3.26. The third-order valence-corrected chi connectivity index (χ3v) is 4.41. The quantitative estimate of drug-likeness (QED) is 0.850. The normalized spacial score (nSPS) is 22.9. The van der Waals surface area contributed by atoms with Crippen molar-refractivity contribution in [3.8, 4) is 0 Å². The summed E-state index contributed by atoms with van der Waals surface area (Å²) in [7, 11) is 4.32. The number of hydrogen-bond acceptors (Lipinski definition) is 4. The van der Waals surface area contributed by atoms with E-state index in [-0.39, 0.29) is 0 Å². The number of likely N-dealkylation sites (N-methyl/N-ethyl adjacent to an activating group) is 1. The zero-order chi connectivity index (χ0) is 14.3. The van der Waals surface area contributed by atoms with E-state index in [2.05, 4.69) is 47.9 Å². The SMILES string of the molecule is CC1CN(c2ccc(N)c3cnccc23)CC1N(C)C. The zero-order valence-electron chi connectivity index (χ0n) is 12.4. The average molecular weight is 270 g/mol. The summed E-state index contributed by atoms with van der Waals surface area (Å²) < 4.78 is 0. The Morgan fingerprint density at radius 2 is 2.00 bits per heavy atom. The van der Waals surface area contributed by atoms with Gasteiger partial charge in [-0.2, -0.15) is 0 Å². The molecule has 1 saturated heterocycles. The molecule has 106 valence electrons. The van der Waals surface area contributed by atoms with Crippen molar-refractivity contribution in [1.82, 2.24) is 9.88 Å². The van der Waals surface area contributed by atoms with Gasteiger partial charge in [-0.25, -0.2) is 0 Å². The molecule has 2 N–H and O–H groups in total. The molecule has 2 unspecified atom stereocenters. The number of hydrogen-bond donors (Lipinski definition) is 1. The van der Waals surface area contributed by atoms with Gasteiger partial charge < -0.3 is 15.5 Å². The molecular weight excluding hydrogens is 248 g/mol. The maximum absolute atomic E-state index is 6.06. The summed E-state index contributed by atoms with van der Waals surface area (Å²) in [6, 6.07) is 6.80. The zero-order valence-corrected chi connectivity index (χ0v) is 12.4. The van der Waals surface area contributed by atoms with Crippen LogP contribution in [-0.2, 0) is 0 Å². The molecule has 1 aromatic carbocycles. The highest BCUT2D eigenvalue weighted by molar-refractivity contribution is 6.00. The van der Waals surface area contributed by atoms with Crippen LogP contribution in [0.15, 0.2) is 30.6 Å². The summed E-state index contributed by atoms with van der Waals surface area (Å²) in [5, 5.41) is 2.25. The maximum Gasteiger partial charge on any atom is 0.0449 e. The smallest absolute Gasteiger partial charge is 0.0449 e. The van der Waals surface area contributed by atoms with Crippen LogP contribution in [0.1, 0.15) is 6.92 Å². The molecule has 1 aliphatic rings. The molecule has 1 fully saturated rings. The van der Waals surface area contributed by atoms with E-state index in [0.29, 0.717) is 12.0 Å². The number of nitrogens with zero attached hydrogens (tertiary/aromatic N) is 3. The highest BCUT2D eigenvalue weighted by atomic mass is 15.2. The van der Waals surface area contributed by atoms with Crippen LogP contribution in [0.25, 0.3) is 10.8 Å². The second-order valence-electron chi connectivity index (χ2n) is 6.01. The average Bonchev–Trinajstić information content (AvgIpc) is 2.81. The number of nitrogens with two attached hydrogens (primary N) is 1. The Morgan fingerprint density at radius 3 is 2.70 bits per heavy atom. The van der Waals surface area contributed by atoms with Crippen molar-refractivity contribution in [3.63, 3.8) is 0 Å². The highest BCUT2D eigenvalue weighted by Crippen LogP contribution is 2.34. The van der Waals surface area contributed by atoms with Gasteiger partial charge in [-0.05, 0) is 38.2 Å². The minimum atomic E-state index is 0.601. The Bertz CT molecular complexity index is 623. The van der Waals surface area contributed by atoms with Gasteiger partial charge in [0.25, 0.3) is 0 Å². The van der Waals surface area contributed by atoms with Crippen molar-refractivity contribution < 1.29 is 0 Å². The van der Waals surface area contributed by atoms with E-state index in [1.807, 2.05) is 18.5 Å². The summed E-state index contributed by atoms with van der Waals surface area (Å²) in [6.07, 6.45) is 3.70. The maximum atomic E-state index is 6.06. The Labute approximate surface area is 120 Å². The van der Waals surface area contributed by atoms with E-state index in [1.165, 1.54) is 11.1 Å². The first-order chi connectivity index (χ1) is 9.58. The fraction of sp³-hybridized carbons (Fsp3) is 0.438. The van der Waals surface area contributed by atoms with Gasteiger partial charge in [0, 0.05) is 53.7 Å². The van der Waals surface area contributed by atoms with Crippen LogP contribution in [-0.4, -0.2) is 43.1 Å². The van der Waals surface area contributed by atoms with E-state index in [0.717, 1.165) is 24.2 Å². The van der Waals surface area contributed by atoms with Gasteiger partial charge in [0.2, 0.25) is 0 Å². The first-order valence-electron chi connectivity index (χ1n) is 7.11. The van der Waals surface area contributed by atoms with Crippen molar-refractivity contribution in [2.75, 3.05) is 37.8 Å². The summed E-state index contributed by atoms with van der Waals surface area (Å²) in [4.78, 5) is 8.99. The Balaban J connectivity index is 2.02. The molecule has 0 saturated carbocycles. The summed E-state index contributed by atoms with van der Waals surface area (Å²) >= 11 is 0. The predicted molar refractivity (Wildman–Crippen MR) is 85.0 cm³/mol. The van der Waals surface area contributed by atoms with Crippen molar-refractivity contribution >= 4 is 22.1 Å². The summed E-state index contributed by atoms with van der Waals surface area (Å²) in [5.41, 5.74) is 8.13. The van der Waals surface area contributed by atoms with Gasteiger partial charge >= 0.3 is 0 Å². The van der Waals surface area contributed by atoms with E-state index in [4.69, 9.17) is 5.73 Å². The van der Waals surface area contributed by atoms with Crippen LogP contribution < -0.4 is 10.6 Å². The molecule has 4 nitrogen and oxygen atoms in total. The van der Waals surface area contributed by atoms with Gasteiger partial charge in [-0.3, -0.25) is 4.98 Å². The second kappa shape index (κ2) is 4.94. The van der Waals surface area contributed by atoms with Crippen LogP contribution >= 0.6 is 0 Å². The second-order valence-corrected chi connectivity index (χ2v) is 6.01. The van der Waals surface area contributed by atoms with Crippen LogP contribution in [0.2, 0.25) is 0 Å². The minimum absolute atomic E-state index is 0.601. The molecule has 0 spiro atoms. The van der Waals surface area contributed by atoms with Gasteiger partial charge in [-0.15, -0.1) is 0 Å². The molecule has 0 aliphatic carbocycles. The van der Waals surface area contributed by atoms with E-state index in [1.54, 1.807) is 0 Å². The standard InChI is InChI=1S/C16H22N4/c1-11-9-20(10-16(11)19(2)3)15-5-4-14(17)13-8-18-7-6-12(13)15/h4-8,11,16H,9-10,17H2,1-3H3. The van der Waals surface area contributed by atoms with E-state index in [9.17, 15) is 0 Å². The lowest BCUT2D eigenvalue weighted by Gasteiger charge is -2.24. The Hall–Kier alpha value is -1.81. The summed E-state index contributed by atoms with van der Waals surface area (Å²) in [5.74, 6) is 0.666. The van der Waals surface area contributed by atoms with E-state index < -0.39 is 0 Å². The third-order valence-electron chi connectivity index (χ3n) is 4.41. The largest absolute Gasteiger partial charge is 0.398 e. The monoisotopic (exact) mass is 270 g/mol. The topological polar surface area (TPSA) is 45.4 Å². The molecule has 0 radical (unpaired) electrons. The number of fused-ring (bicyclic) bond motifs is 1. The van der Waals surface area contributed by atoms with Gasteiger partial charge in [0.15, 0.2) is 0 Å². The van der Waals surface area contributed by atoms with Gasteiger partial charge in [0.05, 0.1) is 0 Å². The molecule has 2 aromatic rings. The molecule has 2 heterocycles. The fourth-order valence-corrected chi connectivity index (χ4v) is 3.29. The van der Waals surface area contributed by atoms with Crippen LogP contribution in [0, 0.1) is 5.92 Å². The van der Waals surface area contributed by atoms with Crippen LogP contribution in [0.5, 0.6) is 0 Å². The minimum Gasteiger partial charge on any atom is -0.398 e. The van der Waals surface area contributed by atoms with Crippen molar-refractivity contribution in [2.24, 2.45) is 5.92 Å². The number of benzene rings is 1. The lowest BCUT2D eigenvalue weighted by atomic mass is 10.1. The van der Waals surface area contributed by atoms with Crippen molar-refractivity contribution in [1.29, 1.82) is 0 Å². The molecule has 0 amide bonds. The molecule has 1 aromatic heterocycles. The third kappa shape index (κ3) is 2.10. The molecule has 3 rings (SSSR count). The van der Waals surface area contributed by atoms with Crippen LogP contribution in [0.4, 0.5) is 11.4 Å². The first kappa shape index (κ1) is 13.2. The molecule has 1 aliphatic heterocycles. The number of aromatic nitrogens is 1. The number of pyridine rings is 1. The fourth-order valence-electron chi connectivity index (χ4n) is 3.29. The van der Waals surface area contributed by atoms with Crippen LogP contribution in [0.3, 0.4) is 0 Å². The highest BCUT2D eigenvalue weighted by Gasteiger charge is 2.31. The lowest BCUT2D eigenvalue weighted by molar-refractivity contribution is 0.266. The summed E-state index contributed by atoms with van der Waals surface area (Å²) in [6.45, 7) is 4.48. The predicted octanol–water partition coefficient (Wildman–Crippen LogP) is 2.20. The number of nitrogen functional groups attached to an aromatic ring is 1. The van der Waals surface area contributed by atoms with Crippen molar-refractivity contribution in [3.05, 3.63) is 30.6 Å². The molecule has 0 bridgehead atoms. The molecular formula is C16H22N4. The lowest BCUT2D eigenvalue weighted by Crippen LogP contribution is -2.34. The van der Waals surface area contributed by atoms with Gasteiger partial charge in [0.1, 0.15) is 0 Å². The number of anilines is 2. The molecule has 4 heteroatoms. The van der Waals surface area contributed by atoms with Crippen molar-refractivity contribution in [2.45, 2.75) is 13.0 Å². The molecule has 2 atom stereocenters. The van der Waals surface area contributed by atoms with E-state index >= 15 is 0 Å².